The van der Waals surface area contributed by atoms with Crippen molar-refractivity contribution in [3.05, 3.63) is 12.2 Å². The van der Waals surface area contributed by atoms with Crippen LogP contribution in [0.25, 0.3) is 0 Å². The summed E-state index contributed by atoms with van der Waals surface area (Å²) in [6.45, 7) is 3.91. The maximum absolute atomic E-state index is 12.3. The SMILES string of the molecule is CCC1(OC(=O)CC(C)(O)C2CC3C=CC2C3)CCCC1.[Ac]. The monoisotopic (exact) mass is 519 g/mol. The van der Waals surface area contributed by atoms with E-state index in [0.29, 0.717) is 11.8 Å². The Morgan fingerprint density at radius 2 is 2.00 bits per heavy atom. The van der Waals surface area contributed by atoms with Gasteiger partial charge in [0.25, 0.3) is 0 Å². The molecule has 4 heteroatoms. The van der Waals surface area contributed by atoms with Gasteiger partial charge in [-0.25, -0.2) is 0 Å². The Morgan fingerprint density at radius 1 is 1.32 bits per heavy atom. The van der Waals surface area contributed by atoms with Gasteiger partial charge in [-0.15, -0.1) is 0 Å². The minimum atomic E-state index is -0.936. The fourth-order valence-electron chi connectivity index (χ4n) is 4.74. The van der Waals surface area contributed by atoms with Crippen molar-refractivity contribution in [2.24, 2.45) is 17.8 Å². The number of rotatable bonds is 5. The molecule has 2 bridgehead atoms. The van der Waals surface area contributed by atoms with Gasteiger partial charge in [-0.05, 0) is 69.6 Å². The van der Waals surface area contributed by atoms with E-state index in [-0.39, 0.29) is 68.0 Å². The van der Waals surface area contributed by atoms with Crippen molar-refractivity contribution in [2.75, 3.05) is 0 Å². The van der Waals surface area contributed by atoms with Crippen LogP contribution in [0.1, 0.15) is 65.2 Å². The molecular weight excluding hydrogens is 491 g/mol. The molecule has 121 valence electrons. The number of hydrogen-bond donors (Lipinski definition) is 1. The summed E-state index contributed by atoms with van der Waals surface area (Å²) in [5.74, 6) is 1.06. The normalized spacial score (nSPS) is 34.2. The third kappa shape index (κ3) is 3.81. The number of allylic oxidation sites excluding steroid dienone is 2. The Hall–Kier alpha value is 0.612. The quantitative estimate of drug-likeness (QED) is 0.446. The van der Waals surface area contributed by atoms with Crippen LogP contribution in [-0.2, 0) is 9.53 Å². The summed E-state index contributed by atoms with van der Waals surface area (Å²) in [5, 5.41) is 10.8. The van der Waals surface area contributed by atoms with E-state index in [0.717, 1.165) is 44.9 Å². The first-order valence-electron chi connectivity index (χ1n) is 8.57. The molecule has 0 aromatic carbocycles. The first kappa shape index (κ1) is 18.9. The fourth-order valence-corrected chi connectivity index (χ4v) is 4.74. The van der Waals surface area contributed by atoms with E-state index in [1.54, 1.807) is 0 Å². The average molecular weight is 519 g/mol. The van der Waals surface area contributed by atoms with Crippen LogP contribution >= 0.6 is 0 Å². The number of esters is 1. The fraction of sp³-hybridized carbons (Fsp3) is 0.833. The van der Waals surface area contributed by atoms with Crippen LogP contribution < -0.4 is 0 Å². The van der Waals surface area contributed by atoms with E-state index in [4.69, 9.17) is 4.74 Å². The number of carbonyl (C=O) groups is 1. The zero-order valence-electron chi connectivity index (χ0n) is 13.9. The first-order valence-corrected chi connectivity index (χ1v) is 8.57. The van der Waals surface area contributed by atoms with Crippen molar-refractivity contribution < 1.29 is 58.7 Å². The van der Waals surface area contributed by atoms with Crippen LogP contribution in [0.2, 0.25) is 0 Å². The number of fused-ring (bicyclic) bond motifs is 2. The number of carbonyl (C=O) groups excluding carboxylic acids is 1. The van der Waals surface area contributed by atoms with Gasteiger partial charge >= 0.3 is 5.97 Å². The first-order chi connectivity index (χ1) is 9.94. The maximum Gasteiger partial charge on any atom is 0.309 e. The smallest absolute Gasteiger partial charge is 0.309 e. The van der Waals surface area contributed by atoms with Crippen LogP contribution in [0.4, 0.5) is 0 Å². The van der Waals surface area contributed by atoms with Gasteiger partial charge in [-0.3, -0.25) is 4.79 Å². The summed E-state index contributed by atoms with van der Waals surface area (Å²) in [6, 6.07) is 0. The third-order valence-electron chi connectivity index (χ3n) is 6.07. The Balaban J connectivity index is 0.00000176. The number of hydrogen-bond acceptors (Lipinski definition) is 3. The predicted molar refractivity (Wildman–Crippen MR) is 81.7 cm³/mol. The minimum Gasteiger partial charge on any atom is -0.459 e. The minimum absolute atomic E-state index is 0. The van der Waals surface area contributed by atoms with Gasteiger partial charge in [0.1, 0.15) is 5.60 Å². The van der Waals surface area contributed by atoms with Crippen LogP contribution in [0, 0.1) is 61.8 Å². The number of ether oxygens (including phenoxy) is 1. The van der Waals surface area contributed by atoms with Crippen LogP contribution in [0.3, 0.4) is 0 Å². The van der Waals surface area contributed by atoms with Crippen molar-refractivity contribution in [1.82, 2.24) is 0 Å². The summed E-state index contributed by atoms with van der Waals surface area (Å²) in [7, 11) is 0. The molecule has 0 saturated heterocycles. The summed E-state index contributed by atoms with van der Waals surface area (Å²) in [5.41, 5.74) is -1.18. The molecule has 0 aromatic rings. The van der Waals surface area contributed by atoms with Gasteiger partial charge in [0, 0.05) is 44.1 Å². The molecule has 2 fully saturated rings. The van der Waals surface area contributed by atoms with Crippen molar-refractivity contribution in [3.63, 3.8) is 0 Å². The topological polar surface area (TPSA) is 46.5 Å². The van der Waals surface area contributed by atoms with E-state index in [2.05, 4.69) is 19.1 Å². The van der Waals surface area contributed by atoms with Gasteiger partial charge in [0.15, 0.2) is 0 Å². The zero-order valence-corrected chi connectivity index (χ0v) is 18.6. The maximum atomic E-state index is 12.3. The van der Waals surface area contributed by atoms with Gasteiger partial charge in [0.05, 0.1) is 12.0 Å². The van der Waals surface area contributed by atoms with Gasteiger partial charge in [-0.1, -0.05) is 19.1 Å². The predicted octanol–water partition coefficient (Wildman–Crippen LogP) is 3.61. The molecule has 3 aliphatic carbocycles. The van der Waals surface area contributed by atoms with Crippen LogP contribution in [-0.4, -0.2) is 22.3 Å². The second-order valence-electron chi connectivity index (χ2n) is 7.64. The zero-order chi connectivity index (χ0) is 15.1. The third-order valence-corrected chi connectivity index (χ3v) is 6.07. The van der Waals surface area contributed by atoms with Crippen molar-refractivity contribution >= 4 is 5.97 Å². The molecule has 0 amide bonds. The second kappa shape index (κ2) is 7.24. The van der Waals surface area contributed by atoms with Gasteiger partial charge in [-0.2, -0.15) is 0 Å². The summed E-state index contributed by atoms with van der Waals surface area (Å²) in [4.78, 5) is 12.3. The molecule has 0 aromatic heterocycles. The van der Waals surface area contributed by atoms with Crippen molar-refractivity contribution in [1.29, 1.82) is 0 Å². The van der Waals surface area contributed by atoms with Crippen LogP contribution in [0.15, 0.2) is 12.2 Å². The van der Waals surface area contributed by atoms with Gasteiger partial charge in [0.2, 0.25) is 0 Å². The molecule has 3 rings (SSSR count). The second-order valence-corrected chi connectivity index (χ2v) is 7.64. The molecular formula is C18H28AcO3. The van der Waals surface area contributed by atoms with Crippen molar-refractivity contribution in [3.8, 4) is 0 Å². The standard InChI is InChI=1S/C18H28O3.Ac/c1-3-18(8-4-5-9-18)21-16(19)12-17(2,20)15-11-13-6-7-14(15)10-13;/h6-7,13-15,20H,3-5,8-12H2,1-2H3;. The summed E-state index contributed by atoms with van der Waals surface area (Å²) >= 11 is 0. The molecule has 0 spiro atoms. The molecule has 3 aliphatic rings. The molecule has 22 heavy (non-hydrogen) atoms. The van der Waals surface area contributed by atoms with E-state index < -0.39 is 5.60 Å². The average Bonchev–Trinajstić information content (AvgIpc) is 3.14. The summed E-state index contributed by atoms with van der Waals surface area (Å²) in [6.07, 6.45) is 11.9. The van der Waals surface area contributed by atoms with Gasteiger partial charge < -0.3 is 9.84 Å². The summed E-state index contributed by atoms with van der Waals surface area (Å²) < 4.78 is 5.81. The Morgan fingerprint density at radius 3 is 2.50 bits per heavy atom. The molecule has 3 nitrogen and oxygen atoms in total. The molecule has 4 unspecified atom stereocenters. The molecule has 0 aliphatic heterocycles. The molecule has 0 heterocycles. The molecule has 4 atom stereocenters. The van der Waals surface area contributed by atoms with E-state index in [9.17, 15) is 9.90 Å². The Kier molecular flexibility index (Phi) is 6.23. The largest absolute Gasteiger partial charge is 0.459 e. The van der Waals surface area contributed by atoms with E-state index in [1.165, 1.54) is 0 Å². The molecule has 1 radical (unpaired) electrons. The number of aliphatic hydroxyl groups is 1. The van der Waals surface area contributed by atoms with E-state index in [1.807, 2.05) is 6.92 Å². The molecule has 2 saturated carbocycles. The van der Waals surface area contributed by atoms with E-state index >= 15 is 0 Å². The van der Waals surface area contributed by atoms with Crippen molar-refractivity contribution in [2.45, 2.75) is 76.4 Å². The molecule has 1 N–H and O–H groups in total. The Bertz CT molecular complexity index is 438. The Labute approximate surface area is 169 Å². The van der Waals surface area contributed by atoms with Crippen LogP contribution in [0.5, 0.6) is 0 Å².